The van der Waals surface area contributed by atoms with Gasteiger partial charge in [-0.05, 0) is 38.4 Å². The second kappa shape index (κ2) is 9.25. The smallest absolute Gasteiger partial charge is 0.129 e. The Hall–Kier alpha value is -0.800. The van der Waals surface area contributed by atoms with Crippen molar-refractivity contribution >= 4 is 0 Å². The van der Waals surface area contributed by atoms with Crippen molar-refractivity contribution in [1.82, 2.24) is 5.32 Å². The van der Waals surface area contributed by atoms with E-state index in [9.17, 15) is 0 Å². The molecular weight excluding hydrogens is 214 g/mol. The average Bonchev–Trinajstić information content (AvgIpc) is 2.84. The van der Waals surface area contributed by atoms with Gasteiger partial charge in [-0.25, -0.2) is 0 Å². The van der Waals surface area contributed by atoms with Gasteiger partial charge in [-0.15, -0.1) is 0 Å². The molecule has 0 fully saturated rings. The van der Waals surface area contributed by atoms with Crippen molar-refractivity contribution in [2.24, 2.45) is 0 Å². The predicted molar refractivity (Wildman–Crippen MR) is 70.0 cm³/mol. The molecule has 0 radical (unpaired) electrons. The Morgan fingerprint density at radius 1 is 1.41 bits per heavy atom. The van der Waals surface area contributed by atoms with Crippen LogP contribution in [0, 0.1) is 0 Å². The first-order chi connectivity index (χ1) is 8.33. The minimum Gasteiger partial charge on any atom is -0.467 e. The van der Waals surface area contributed by atoms with E-state index in [1.165, 1.54) is 19.3 Å². The van der Waals surface area contributed by atoms with Gasteiger partial charge >= 0.3 is 0 Å². The van der Waals surface area contributed by atoms with Crippen molar-refractivity contribution in [2.75, 3.05) is 13.2 Å². The molecule has 98 valence electrons. The van der Waals surface area contributed by atoms with Crippen LogP contribution in [-0.2, 0) is 11.3 Å². The van der Waals surface area contributed by atoms with Gasteiger partial charge in [0.1, 0.15) is 12.4 Å². The average molecular weight is 239 g/mol. The molecule has 0 aliphatic heterocycles. The number of ether oxygens (including phenoxy) is 1. The van der Waals surface area contributed by atoms with Crippen molar-refractivity contribution in [3.63, 3.8) is 0 Å². The Bertz CT molecular complexity index is 259. The summed E-state index contributed by atoms with van der Waals surface area (Å²) in [6.45, 7) is 6.88. The summed E-state index contributed by atoms with van der Waals surface area (Å²) in [5, 5.41) is 3.51. The minimum atomic E-state index is 0.582. The van der Waals surface area contributed by atoms with Crippen LogP contribution in [0.2, 0.25) is 0 Å². The highest BCUT2D eigenvalue weighted by Gasteiger charge is 1.99. The first kappa shape index (κ1) is 14.3. The molecule has 3 heteroatoms. The third-order valence-corrected chi connectivity index (χ3v) is 2.77. The molecule has 0 saturated carbocycles. The summed E-state index contributed by atoms with van der Waals surface area (Å²) in [5.41, 5.74) is 0. The molecular formula is C14H25NO2. The molecule has 0 aliphatic rings. The highest BCUT2D eigenvalue weighted by molar-refractivity contribution is 4.95. The Morgan fingerprint density at radius 2 is 2.29 bits per heavy atom. The molecule has 17 heavy (non-hydrogen) atoms. The van der Waals surface area contributed by atoms with Gasteiger partial charge in [-0.1, -0.05) is 19.8 Å². The van der Waals surface area contributed by atoms with E-state index in [0.717, 1.165) is 25.3 Å². The third kappa shape index (κ3) is 7.18. The molecule has 0 bridgehead atoms. The first-order valence-corrected chi connectivity index (χ1v) is 6.66. The number of unbranched alkanes of at least 4 members (excludes halogenated alkanes) is 1. The minimum absolute atomic E-state index is 0.582. The summed E-state index contributed by atoms with van der Waals surface area (Å²) in [5.74, 6) is 0.897. The van der Waals surface area contributed by atoms with Crippen molar-refractivity contribution in [3.8, 4) is 0 Å². The Morgan fingerprint density at radius 3 is 3.00 bits per heavy atom. The van der Waals surface area contributed by atoms with E-state index in [2.05, 4.69) is 19.2 Å². The molecule has 1 unspecified atom stereocenters. The predicted octanol–water partition coefficient (Wildman–Crippen LogP) is 3.35. The maximum Gasteiger partial charge on any atom is 0.129 e. The van der Waals surface area contributed by atoms with E-state index in [0.29, 0.717) is 12.6 Å². The maximum atomic E-state index is 5.51. The molecule has 1 aromatic rings. The van der Waals surface area contributed by atoms with Gasteiger partial charge in [0.05, 0.1) is 6.26 Å². The van der Waals surface area contributed by atoms with Crippen LogP contribution >= 0.6 is 0 Å². The molecule has 0 aromatic carbocycles. The summed E-state index contributed by atoms with van der Waals surface area (Å²) in [4.78, 5) is 0. The van der Waals surface area contributed by atoms with Crippen LogP contribution in [0.15, 0.2) is 22.8 Å². The van der Waals surface area contributed by atoms with E-state index in [-0.39, 0.29) is 0 Å². The van der Waals surface area contributed by atoms with E-state index in [1.807, 2.05) is 12.1 Å². The van der Waals surface area contributed by atoms with Crippen molar-refractivity contribution in [1.29, 1.82) is 0 Å². The lowest BCUT2D eigenvalue weighted by atomic mass is 10.1. The van der Waals surface area contributed by atoms with Crippen LogP contribution in [0.5, 0.6) is 0 Å². The van der Waals surface area contributed by atoms with Crippen LogP contribution in [0.4, 0.5) is 0 Å². The largest absolute Gasteiger partial charge is 0.467 e. The SMILES string of the molecule is CCCCC(C)NCCCOCc1ccco1. The standard InChI is InChI=1S/C14H25NO2/c1-3-4-7-13(2)15-9-6-10-16-12-14-8-5-11-17-14/h5,8,11,13,15H,3-4,6-7,9-10,12H2,1-2H3. The number of nitrogens with one attached hydrogen (secondary N) is 1. The lowest BCUT2D eigenvalue weighted by molar-refractivity contribution is 0.103. The summed E-state index contributed by atoms with van der Waals surface area (Å²) in [7, 11) is 0. The van der Waals surface area contributed by atoms with Crippen molar-refractivity contribution in [2.45, 2.75) is 52.2 Å². The quantitative estimate of drug-likeness (QED) is 0.636. The zero-order valence-corrected chi connectivity index (χ0v) is 11.1. The zero-order chi connectivity index (χ0) is 12.3. The molecule has 1 rings (SSSR count). The van der Waals surface area contributed by atoms with Gasteiger partial charge < -0.3 is 14.5 Å². The van der Waals surface area contributed by atoms with Gasteiger partial charge in [0.25, 0.3) is 0 Å². The molecule has 0 saturated heterocycles. The Balaban J connectivity index is 1.87. The Kier molecular flexibility index (Phi) is 7.76. The molecule has 1 heterocycles. The highest BCUT2D eigenvalue weighted by atomic mass is 16.5. The topological polar surface area (TPSA) is 34.4 Å². The van der Waals surface area contributed by atoms with E-state index in [1.54, 1.807) is 6.26 Å². The molecule has 0 spiro atoms. The summed E-state index contributed by atoms with van der Waals surface area (Å²) >= 11 is 0. The fourth-order valence-corrected chi connectivity index (χ4v) is 1.70. The molecule has 1 aromatic heterocycles. The summed E-state index contributed by atoms with van der Waals surface area (Å²) in [6.07, 6.45) is 6.58. The van der Waals surface area contributed by atoms with Crippen molar-refractivity contribution < 1.29 is 9.15 Å². The molecule has 0 amide bonds. The van der Waals surface area contributed by atoms with Gasteiger partial charge in [0, 0.05) is 12.6 Å². The van der Waals surface area contributed by atoms with Gasteiger partial charge in [0.2, 0.25) is 0 Å². The second-order valence-corrected chi connectivity index (χ2v) is 4.48. The lowest BCUT2D eigenvalue weighted by Gasteiger charge is -2.12. The fourth-order valence-electron chi connectivity index (χ4n) is 1.70. The zero-order valence-electron chi connectivity index (χ0n) is 11.1. The van der Waals surface area contributed by atoms with Gasteiger partial charge in [-0.3, -0.25) is 0 Å². The molecule has 3 nitrogen and oxygen atoms in total. The van der Waals surface area contributed by atoms with Gasteiger partial charge in [0.15, 0.2) is 0 Å². The number of furan rings is 1. The number of hydrogen-bond acceptors (Lipinski definition) is 3. The highest BCUT2D eigenvalue weighted by Crippen LogP contribution is 2.02. The Labute approximate surface area is 105 Å². The van der Waals surface area contributed by atoms with Crippen LogP contribution in [0.3, 0.4) is 0 Å². The molecule has 0 aliphatic carbocycles. The second-order valence-electron chi connectivity index (χ2n) is 4.48. The maximum absolute atomic E-state index is 5.51. The van der Waals surface area contributed by atoms with Crippen LogP contribution in [-0.4, -0.2) is 19.2 Å². The van der Waals surface area contributed by atoms with Crippen LogP contribution in [0.1, 0.15) is 45.3 Å². The fraction of sp³-hybridized carbons (Fsp3) is 0.714. The molecule has 1 atom stereocenters. The first-order valence-electron chi connectivity index (χ1n) is 6.66. The summed E-state index contributed by atoms with van der Waals surface area (Å²) < 4.78 is 10.7. The van der Waals surface area contributed by atoms with Crippen LogP contribution < -0.4 is 5.32 Å². The van der Waals surface area contributed by atoms with E-state index in [4.69, 9.17) is 9.15 Å². The van der Waals surface area contributed by atoms with Gasteiger partial charge in [-0.2, -0.15) is 0 Å². The number of rotatable bonds is 10. The van der Waals surface area contributed by atoms with E-state index < -0.39 is 0 Å². The normalized spacial score (nSPS) is 12.8. The molecule has 1 N–H and O–H groups in total. The number of hydrogen-bond donors (Lipinski definition) is 1. The lowest BCUT2D eigenvalue weighted by Crippen LogP contribution is -2.27. The monoisotopic (exact) mass is 239 g/mol. The third-order valence-electron chi connectivity index (χ3n) is 2.77. The van der Waals surface area contributed by atoms with Crippen LogP contribution in [0.25, 0.3) is 0 Å². The van der Waals surface area contributed by atoms with E-state index >= 15 is 0 Å². The summed E-state index contributed by atoms with van der Waals surface area (Å²) in [6, 6.07) is 4.45. The van der Waals surface area contributed by atoms with Crippen molar-refractivity contribution in [3.05, 3.63) is 24.2 Å².